The summed E-state index contributed by atoms with van der Waals surface area (Å²) in [6, 6.07) is 6.30. The van der Waals surface area contributed by atoms with Gasteiger partial charge in [0.05, 0.1) is 12.6 Å². The van der Waals surface area contributed by atoms with Crippen LogP contribution in [0.2, 0.25) is 5.02 Å². The smallest absolute Gasteiger partial charge is 0.222 e. The molecule has 2 aliphatic rings. The highest BCUT2D eigenvalue weighted by atomic mass is 35.5. The van der Waals surface area contributed by atoms with Crippen molar-refractivity contribution in [3.8, 4) is 0 Å². The van der Waals surface area contributed by atoms with Crippen molar-refractivity contribution in [1.29, 1.82) is 0 Å². The molecule has 2 N–H and O–H groups in total. The van der Waals surface area contributed by atoms with Gasteiger partial charge in [-0.2, -0.15) is 4.98 Å². The van der Waals surface area contributed by atoms with Gasteiger partial charge in [-0.15, -0.1) is 0 Å². The SMILES string of the molecule is Cc1cc(N2CCCOCC2c2cc3c(cc2Cl)CCN3C)nc(N)n1. The van der Waals surface area contributed by atoms with Crippen LogP contribution in [0.3, 0.4) is 0 Å². The van der Waals surface area contributed by atoms with Gasteiger partial charge in [-0.25, -0.2) is 4.98 Å². The summed E-state index contributed by atoms with van der Waals surface area (Å²) in [6.07, 6.45) is 1.97. The number of aryl methyl sites for hydroxylation is 1. The van der Waals surface area contributed by atoms with Crippen LogP contribution in [0, 0.1) is 6.92 Å². The Kier molecular flexibility index (Phi) is 4.63. The van der Waals surface area contributed by atoms with Crippen molar-refractivity contribution in [3.05, 3.63) is 40.0 Å². The van der Waals surface area contributed by atoms with E-state index in [9.17, 15) is 0 Å². The van der Waals surface area contributed by atoms with E-state index in [-0.39, 0.29) is 6.04 Å². The topological polar surface area (TPSA) is 67.5 Å². The van der Waals surface area contributed by atoms with Crippen LogP contribution in [0.1, 0.15) is 29.3 Å². The lowest BCUT2D eigenvalue weighted by atomic mass is 10.0. The zero-order chi connectivity index (χ0) is 18.3. The summed E-state index contributed by atoms with van der Waals surface area (Å²) in [4.78, 5) is 13.2. The van der Waals surface area contributed by atoms with Crippen molar-refractivity contribution in [2.75, 3.05) is 48.9 Å². The van der Waals surface area contributed by atoms with Crippen LogP contribution >= 0.6 is 11.6 Å². The molecule has 0 saturated carbocycles. The third kappa shape index (κ3) is 3.19. The van der Waals surface area contributed by atoms with E-state index in [1.54, 1.807) is 0 Å². The maximum atomic E-state index is 6.70. The molecule has 1 aromatic carbocycles. The van der Waals surface area contributed by atoms with Gasteiger partial charge in [-0.05, 0) is 43.0 Å². The molecule has 0 aliphatic carbocycles. The van der Waals surface area contributed by atoms with E-state index < -0.39 is 0 Å². The number of nitrogens with zero attached hydrogens (tertiary/aromatic N) is 4. The molecule has 1 fully saturated rings. The maximum absolute atomic E-state index is 6.70. The van der Waals surface area contributed by atoms with Crippen LogP contribution in [0.4, 0.5) is 17.5 Å². The second kappa shape index (κ2) is 6.93. The highest BCUT2D eigenvalue weighted by Crippen LogP contribution is 2.38. The summed E-state index contributed by atoms with van der Waals surface area (Å²) in [5, 5.41) is 0.790. The fourth-order valence-electron chi connectivity index (χ4n) is 3.87. The average molecular weight is 374 g/mol. The lowest BCUT2D eigenvalue weighted by Gasteiger charge is -2.32. The van der Waals surface area contributed by atoms with Gasteiger partial charge in [0, 0.05) is 49.2 Å². The number of benzene rings is 1. The summed E-state index contributed by atoms with van der Waals surface area (Å²) < 4.78 is 5.89. The van der Waals surface area contributed by atoms with Crippen molar-refractivity contribution in [1.82, 2.24) is 9.97 Å². The Morgan fingerprint density at radius 1 is 1.23 bits per heavy atom. The van der Waals surface area contributed by atoms with Crippen molar-refractivity contribution >= 4 is 29.1 Å². The molecule has 2 aromatic rings. The number of hydrogen-bond donors (Lipinski definition) is 1. The Balaban J connectivity index is 1.78. The zero-order valence-electron chi connectivity index (χ0n) is 15.2. The highest BCUT2D eigenvalue weighted by Gasteiger charge is 2.29. The van der Waals surface area contributed by atoms with E-state index in [0.717, 1.165) is 54.6 Å². The Bertz CT molecular complexity index is 808. The Morgan fingerprint density at radius 2 is 2.08 bits per heavy atom. The summed E-state index contributed by atoms with van der Waals surface area (Å²) in [5.74, 6) is 1.12. The molecule has 6 nitrogen and oxygen atoms in total. The third-order valence-electron chi connectivity index (χ3n) is 5.18. The summed E-state index contributed by atoms with van der Waals surface area (Å²) in [6.45, 7) is 5.10. The first-order valence-electron chi connectivity index (χ1n) is 9.02. The Hall–Kier alpha value is -2.05. The number of fused-ring (bicyclic) bond motifs is 1. The number of rotatable bonds is 2. The molecule has 1 unspecified atom stereocenters. The predicted octanol–water partition coefficient (Wildman–Crippen LogP) is 2.98. The van der Waals surface area contributed by atoms with Gasteiger partial charge in [0.15, 0.2) is 0 Å². The molecule has 4 rings (SSSR count). The number of hydrogen-bond acceptors (Lipinski definition) is 6. The molecule has 1 atom stereocenters. The second-order valence-corrected chi connectivity index (χ2v) is 7.44. The Morgan fingerprint density at radius 3 is 2.88 bits per heavy atom. The molecular weight excluding hydrogens is 350 g/mol. The van der Waals surface area contributed by atoms with E-state index in [0.29, 0.717) is 12.6 Å². The molecule has 0 spiro atoms. The molecule has 138 valence electrons. The Labute approximate surface area is 158 Å². The van der Waals surface area contributed by atoms with Crippen LogP contribution < -0.4 is 15.5 Å². The van der Waals surface area contributed by atoms with Gasteiger partial charge >= 0.3 is 0 Å². The van der Waals surface area contributed by atoms with Gasteiger partial charge in [-0.1, -0.05) is 11.6 Å². The number of likely N-dealkylation sites (N-methyl/N-ethyl adjacent to an activating group) is 1. The van der Waals surface area contributed by atoms with Crippen LogP contribution in [0.15, 0.2) is 18.2 Å². The van der Waals surface area contributed by atoms with Gasteiger partial charge < -0.3 is 20.3 Å². The summed E-state index contributed by atoms with van der Waals surface area (Å²) in [7, 11) is 2.12. The minimum atomic E-state index is -0.00185. The second-order valence-electron chi connectivity index (χ2n) is 7.04. The molecule has 0 bridgehead atoms. The van der Waals surface area contributed by atoms with Crippen molar-refractivity contribution in [3.63, 3.8) is 0 Å². The van der Waals surface area contributed by atoms with Gasteiger partial charge in [0.25, 0.3) is 0 Å². The van der Waals surface area contributed by atoms with E-state index in [1.165, 1.54) is 11.3 Å². The molecule has 7 heteroatoms. The maximum Gasteiger partial charge on any atom is 0.222 e. The number of anilines is 3. The average Bonchev–Trinajstić information content (AvgIpc) is 2.81. The lowest BCUT2D eigenvalue weighted by molar-refractivity contribution is 0.134. The molecule has 0 amide bonds. The first kappa shape index (κ1) is 17.4. The van der Waals surface area contributed by atoms with Crippen molar-refractivity contribution in [2.45, 2.75) is 25.8 Å². The van der Waals surface area contributed by atoms with Crippen LogP contribution in [0.25, 0.3) is 0 Å². The van der Waals surface area contributed by atoms with E-state index in [2.05, 4.69) is 38.9 Å². The van der Waals surface area contributed by atoms with Crippen LogP contribution in [0.5, 0.6) is 0 Å². The van der Waals surface area contributed by atoms with E-state index in [1.807, 2.05) is 13.0 Å². The van der Waals surface area contributed by atoms with Gasteiger partial charge in [-0.3, -0.25) is 0 Å². The normalized spacial score (nSPS) is 20.2. The summed E-state index contributed by atoms with van der Waals surface area (Å²) >= 11 is 6.70. The van der Waals surface area contributed by atoms with E-state index in [4.69, 9.17) is 22.1 Å². The molecule has 3 heterocycles. The molecule has 1 saturated heterocycles. The largest absolute Gasteiger partial charge is 0.379 e. The molecule has 0 radical (unpaired) electrons. The number of nitrogens with two attached hydrogens (primary N) is 1. The minimum absolute atomic E-state index is 0.00185. The van der Waals surface area contributed by atoms with Crippen molar-refractivity contribution in [2.24, 2.45) is 0 Å². The quantitative estimate of drug-likeness (QED) is 0.872. The zero-order valence-corrected chi connectivity index (χ0v) is 16.0. The van der Waals surface area contributed by atoms with Crippen molar-refractivity contribution < 1.29 is 4.74 Å². The number of nitrogen functional groups attached to an aromatic ring is 1. The fourth-order valence-corrected chi connectivity index (χ4v) is 4.18. The van der Waals surface area contributed by atoms with Crippen LogP contribution in [-0.4, -0.2) is 43.3 Å². The molecule has 1 aromatic heterocycles. The first-order chi connectivity index (χ1) is 12.5. The monoisotopic (exact) mass is 373 g/mol. The highest BCUT2D eigenvalue weighted by molar-refractivity contribution is 6.31. The number of ether oxygens (including phenoxy) is 1. The number of halogens is 1. The summed E-state index contributed by atoms with van der Waals surface area (Å²) in [5.41, 5.74) is 10.4. The molecule has 2 aliphatic heterocycles. The minimum Gasteiger partial charge on any atom is -0.379 e. The molecule has 26 heavy (non-hydrogen) atoms. The lowest BCUT2D eigenvalue weighted by Crippen LogP contribution is -2.32. The first-order valence-corrected chi connectivity index (χ1v) is 9.40. The van der Waals surface area contributed by atoms with Gasteiger partial charge in [0.1, 0.15) is 5.82 Å². The standard InChI is InChI=1S/C19H24ClN5O/c1-12-8-18(23-19(21)22-12)25-5-3-7-26-11-17(25)14-10-16-13(9-15(14)20)4-6-24(16)2/h8-10,17H,3-7,11H2,1-2H3,(H2,21,22,23). The fraction of sp³-hybridized carbons (Fsp3) is 0.474. The predicted molar refractivity (Wildman–Crippen MR) is 105 cm³/mol. The van der Waals surface area contributed by atoms with Crippen LogP contribution in [-0.2, 0) is 11.2 Å². The molecular formula is C19H24ClN5O. The number of aromatic nitrogens is 2. The third-order valence-corrected chi connectivity index (χ3v) is 5.50. The van der Waals surface area contributed by atoms with E-state index >= 15 is 0 Å². The van der Waals surface area contributed by atoms with Gasteiger partial charge in [0.2, 0.25) is 5.95 Å².